The van der Waals surface area contributed by atoms with Gasteiger partial charge < -0.3 is 14.2 Å². The number of rotatable bonds is 3. The SMILES string of the molecule is O=C(c1ccco1)N1CCN(c2ncc(-c3ccc(F)cc3)c3cccnc23)CC1. The Bertz CT molecular complexity index is 1180. The largest absolute Gasteiger partial charge is 0.459 e. The highest BCUT2D eigenvalue weighted by molar-refractivity contribution is 5.99. The minimum atomic E-state index is -0.271. The molecule has 4 heterocycles. The molecule has 0 aliphatic carbocycles. The van der Waals surface area contributed by atoms with E-state index in [1.807, 2.05) is 18.3 Å². The van der Waals surface area contributed by atoms with Crippen molar-refractivity contribution in [3.63, 3.8) is 0 Å². The summed E-state index contributed by atoms with van der Waals surface area (Å²) in [5, 5.41) is 0.961. The highest BCUT2D eigenvalue weighted by atomic mass is 19.1. The number of hydrogen-bond donors (Lipinski definition) is 0. The first-order chi connectivity index (χ1) is 14.7. The highest BCUT2D eigenvalue weighted by Gasteiger charge is 2.25. The number of anilines is 1. The normalized spacial score (nSPS) is 14.3. The minimum Gasteiger partial charge on any atom is -0.459 e. The molecule has 150 valence electrons. The van der Waals surface area contributed by atoms with E-state index in [9.17, 15) is 9.18 Å². The van der Waals surface area contributed by atoms with Crippen molar-refractivity contribution in [2.45, 2.75) is 0 Å². The van der Waals surface area contributed by atoms with Gasteiger partial charge in [-0.25, -0.2) is 9.37 Å². The average molecular weight is 402 g/mol. The van der Waals surface area contributed by atoms with Crippen LogP contribution in [0.1, 0.15) is 10.6 Å². The van der Waals surface area contributed by atoms with E-state index in [2.05, 4.69) is 9.88 Å². The number of carbonyl (C=O) groups is 1. The van der Waals surface area contributed by atoms with Crippen LogP contribution < -0.4 is 4.90 Å². The smallest absolute Gasteiger partial charge is 0.289 e. The number of aromatic nitrogens is 2. The highest BCUT2D eigenvalue weighted by Crippen LogP contribution is 2.32. The van der Waals surface area contributed by atoms with Crippen LogP contribution in [0.3, 0.4) is 0 Å². The molecule has 0 N–H and O–H groups in total. The molecule has 0 spiro atoms. The predicted molar refractivity (Wildman–Crippen MR) is 112 cm³/mol. The van der Waals surface area contributed by atoms with Gasteiger partial charge in [0.15, 0.2) is 11.6 Å². The number of fused-ring (bicyclic) bond motifs is 1. The topological polar surface area (TPSA) is 62.5 Å². The van der Waals surface area contributed by atoms with Crippen LogP contribution in [-0.4, -0.2) is 47.0 Å². The van der Waals surface area contributed by atoms with E-state index >= 15 is 0 Å². The van der Waals surface area contributed by atoms with Gasteiger partial charge in [0, 0.05) is 49.5 Å². The maximum Gasteiger partial charge on any atom is 0.289 e. The Morgan fingerprint density at radius 2 is 1.77 bits per heavy atom. The molecule has 1 amide bonds. The van der Waals surface area contributed by atoms with E-state index in [0.717, 1.165) is 27.8 Å². The maximum absolute atomic E-state index is 13.3. The molecule has 1 aliphatic rings. The van der Waals surface area contributed by atoms with Crippen LogP contribution in [0.25, 0.3) is 22.0 Å². The van der Waals surface area contributed by atoms with Gasteiger partial charge in [0.25, 0.3) is 5.91 Å². The average Bonchev–Trinajstić information content (AvgIpc) is 3.34. The molecule has 6 nitrogen and oxygen atoms in total. The molecule has 1 aromatic carbocycles. The fraction of sp³-hybridized carbons (Fsp3) is 0.174. The van der Waals surface area contributed by atoms with Crippen LogP contribution in [0.4, 0.5) is 10.2 Å². The van der Waals surface area contributed by atoms with E-state index in [1.165, 1.54) is 18.4 Å². The number of carbonyl (C=O) groups excluding carboxylic acids is 1. The van der Waals surface area contributed by atoms with Crippen molar-refractivity contribution in [2.75, 3.05) is 31.1 Å². The van der Waals surface area contributed by atoms with Gasteiger partial charge in [-0.1, -0.05) is 18.2 Å². The Labute approximate surface area is 172 Å². The van der Waals surface area contributed by atoms with Crippen molar-refractivity contribution in [1.29, 1.82) is 0 Å². The van der Waals surface area contributed by atoms with Crippen LogP contribution in [0, 0.1) is 5.82 Å². The van der Waals surface area contributed by atoms with Gasteiger partial charge in [-0.15, -0.1) is 0 Å². The van der Waals surface area contributed by atoms with Gasteiger partial charge in [-0.2, -0.15) is 0 Å². The Balaban J connectivity index is 1.43. The molecule has 7 heteroatoms. The molecule has 0 bridgehead atoms. The van der Waals surface area contributed by atoms with Gasteiger partial charge in [-0.3, -0.25) is 9.78 Å². The molecule has 1 fully saturated rings. The summed E-state index contributed by atoms with van der Waals surface area (Å²) >= 11 is 0. The third-order valence-electron chi connectivity index (χ3n) is 5.38. The molecule has 30 heavy (non-hydrogen) atoms. The summed E-state index contributed by atoms with van der Waals surface area (Å²) in [4.78, 5) is 25.7. The third kappa shape index (κ3) is 3.28. The van der Waals surface area contributed by atoms with E-state index in [4.69, 9.17) is 9.40 Å². The molecule has 4 aromatic rings. The van der Waals surface area contributed by atoms with E-state index in [1.54, 1.807) is 35.4 Å². The Morgan fingerprint density at radius 1 is 0.967 bits per heavy atom. The molecular formula is C23H19FN4O2. The van der Waals surface area contributed by atoms with E-state index < -0.39 is 0 Å². The summed E-state index contributed by atoms with van der Waals surface area (Å²) in [5.41, 5.74) is 2.60. The summed E-state index contributed by atoms with van der Waals surface area (Å²) in [6.45, 7) is 2.46. The number of pyridine rings is 2. The second-order valence-electron chi connectivity index (χ2n) is 7.16. The van der Waals surface area contributed by atoms with Crippen molar-refractivity contribution in [3.05, 3.63) is 78.8 Å². The molecular weight excluding hydrogens is 383 g/mol. The van der Waals surface area contributed by atoms with Gasteiger partial charge in [-0.05, 0) is 35.9 Å². The van der Waals surface area contributed by atoms with Gasteiger partial charge in [0.1, 0.15) is 11.3 Å². The summed E-state index contributed by atoms with van der Waals surface area (Å²) in [6.07, 6.45) is 5.07. The van der Waals surface area contributed by atoms with Crippen molar-refractivity contribution >= 4 is 22.6 Å². The zero-order valence-corrected chi connectivity index (χ0v) is 16.2. The quantitative estimate of drug-likeness (QED) is 0.519. The lowest BCUT2D eigenvalue weighted by molar-refractivity contribution is 0.0714. The van der Waals surface area contributed by atoms with Crippen molar-refractivity contribution in [2.24, 2.45) is 0 Å². The number of amides is 1. The van der Waals surface area contributed by atoms with Crippen molar-refractivity contribution < 1.29 is 13.6 Å². The van der Waals surface area contributed by atoms with Crippen molar-refractivity contribution in [3.8, 4) is 11.1 Å². The number of nitrogens with zero attached hydrogens (tertiary/aromatic N) is 4. The summed E-state index contributed by atoms with van der Waals surface area (Å²) in [7, 11) is 0. The van der Waals surface area contributed by atoms with Crippen LogP contribution in [0.5, 0.6) is 0 Å². The Kier molecular flexibility index (Phi) is 4.63. The fourth-order valence-corrected chi connectivity index (χ4v) is 3.83. The number of hydrogen-bond acceptors (Lipinski definition) is 5. The van der Waals surface area contributed by atoms with Crippen LogP contribution in [0.2, 0.25) is 0 Å². The minimum absolute atomic E-state index is 0.0951. The molecule has 1 aliphatic heterocycles. The summed E-state index contributed by atoms with van der Waals surface area (Å²) in [6, 6.07) is 13.7. The first-order valence-electron chi connectivity index (χ1n) is 9.78. The van der Waals surface area contributed by atoms with Gasteiger partial charge >= 0.3 is 0 Å². The molecule has 1 saturated heterocycles. The number of halogens is 1. The third-order valence-corrected chi connectivity index (χ3v) is 5.38. The molecule has 3 aromatic heterocycles. The zero-order valence-electron chi connectivity index (χ0n) is 16.2. The lowest BCUT2D eigenvalue weighted by Gasteiger charge is -2.35. The lowest BCUT2D eigenvalue weighted by atomic mass is 10.0. The number of benzene rings is 1. The molecule has 0 saturated carbocycles. The second-order valence-corrected chi connectivity index (χ2v) is 7.16. The maximum atomic E-state index is 13.3. The molecule has 0 atom stereocenters. The first kappa shape index (κ1) is 18.3. The number of piperazine rings is 1. The monoisotopic (exact) mass is 402 g/mol. The first-order valence-corrected chi connectivity index (χ1v) is 9.78. The Hall–Kier alpha value is -3.74. The molecule has 0 unspecified atom stereocenters. The standard InChI is InChI=1S/C23H19FN4O2/c24-17-7-5-16(6-8-17)19-15-26-22(21-18(19)3-1-9-25-21)27-10-12-28(13-11-27)23(29)20-4-2-14-30-20/h1-9,14-15H,10-13H2. The lowest BCUT2D eigenvalue weighted by Crippen LogP contribution is -2.49. The van der Waals surface area contributed by atoms with Crippen LogP contribution in [0.15, 0.2) is 71.6 Å². The Morgan fingerprint density at radius 3 is 2.50 bits per heavy atom. The fourth-order valence-electron chi connectivity index (χ4n) is 3.83. The van der Waals surface area contributed by atoms with E-state index in [-0.39, 0.29) is 11.7 Å². The summed E-state index contributed by atoms with van der Waals surface area (Å²) < 4.78 is 18.6. The summed E-state index contributed by atoms with van der Waals surface area (Å²) in [5.74, 6) is 0.786. The van der Waals surface area contributed by atoms with Crippen LogP contribution in [-0.2, 0) is 0 Å². The van der Waals surface area contributed by atoms with Gasteiger partial charge in [0.05, 0.1) is 6.26 Å². The number of furan rings is 1. The van der Waals surface area contributed by atoms with E-state index in [0.29, 0.717) is 31.9 Å². The second kappa shape index (κ2) is 7.59. The predicted octanol–water partition coefficient (Wildman–Crippen LogP) is 3.99. The molecule has 5 rings (SSSR count). The molecule has 0 radical (unpaired) electrons. The van der Waals surface area contributed by atoms with Gasteiger partial charge in [0.2, 0.25) is 0 Å². The van der Waals surface area contributed by atoms with Crippen LogP contribution >= 0.6 is 0 Å². The van der Waals surface area contributed by atoms with Crippen molar-refractivity contribution in [1.82, 2.24) is 14.9 Å². The zero-order chi connectivity index (χ0) is 20.5.